The van der Waals surface area contributed by atoms with Gasteiger partial charge in [-0.1, -0.05) is 85.8 Å². The Morgan fingerprint density at radius 1 is 0.903 bits per heavy atom. The largest absolute Gasteiger partial charge is 0.480 e. The molecular weight excluding hydrogens is 390 g/mol. The fraction of sp³-hybridized carbons (Fsp3) is 0.231. The second kappa shape index (κ2) is 9.04. The van der Waals surface area contributed by atoms with Crippen molar-refractivity contribution in [3.05, 3.63) is 95.6 Å². The minimum Gasteiger partial charge on any atom is -0.480 e. The molecule has 0 saturated carbocycles. The number of hydrogen-bond donors (Lipinski definition) is 1. The van der Waals surface area contributed by atoms with Gasteiger partial charge in [0.15, 0.2) is 0 Å². The smallest absolute Gasteiger partial charge is 0.410 e. The fourth-order valence-electron chi connectivity index (χ4n) is 4.44. The highest BCUT2D eigenvalue weighted by atomic mass is 16.6. The predicted molar refractivity (Wildman–Crippen MR) is 119 cm³/mol. The summed E-state index contributed by atoms with van der Waals surface area (Å²) in [5.41, 5.74) is 5.43. The van der Waals surface area contributed by atoms with Crippen molar-refractivity contribution in [2.24, 2.45) is 0 Å². The van der Waals surface area contributed by atoms with Crippen LogP contribution in [0.5, 0.6) is 0 Å². The third-order valence-electron chi connectivity index (χ3n) is 5.82. The Labute approximate surface area is 181 Å². The maximum Gasteiger partial charge on any atom is 0.410 e. The minimum absolute atomic E-state index is 0.0696. The van der Waals surface area contributed by atoms with Gasteiger partial charge in [0.25, 0.3) is 0 Å². The molecule has 0 spiro atoms. The van der Waals surface area contributed by atoms with Crippen LogP contribution in [0.25, 0.3) is 11.1 Å². The van der Waals surface area contributed by atoms with Gasteiger partial charge in [0.1, 0.15) is 13.2 Å². The number of amides is 1. The first-order valence-corrected chi connectivity index (χ1v) is 10.5. The van der Waals surface area contributed by atoms with Gasteiger partial charge in [0.2, 0.25) is 0 Å². The van der Waals surface area contributed by atoms with Crippen molar-refractivity contribution in [1.82, 2.24) is 4.90 Å². The number of ether oxygens (including phenoxy) is 1. The zero-order chi connectivity index (χ0) is 21.8. The normalized spacial score (nSPS) is 13.2. The molecule has 0 aromatic heterocycles. The topological polar surface area (TPSA) is 66.8 Å². The lowest BCUT2D eigenvalue weighted by Gasteiger charge is -2.30. The van der Waals surface area contributed by atoms with Crippen LogP contribution < -0.4 is 0 Å². The van der Waals surface area contributed by atoms with E-state index in [1.54, 1.807) is 0 Å². The van der Waals surface area contributed by atoms with Gasteiger partial charge in [-0.15, -0.1) is 0 Å². The Balaban J connectivity index is 1.56. The molecule has 3 aromatic carbocycles. The molecule has 1 unspecified atom stereocenters. The van der Waals surface area contributed by atoms with E-state index in [0.717, 1.165) is 27.8 Å². The molecule has 0 saturated heterocycles. The van der Waals surface area contributed by atoms with Gasteiger partial charge in [-0.25, -0.2) is 4.79 Å². The molecule has 0 radical (unpaired) electrons. The molecule has 0 heterocycles. The summed E-state index contributed by atoms with van der Waals surface area (Å²) in [5.74, 6) is -1.14. The summed E-state index contributed by atoms with van der Waals surface area (Å²) in [5, 5.41) is 9.41. The van der Waals surface area contributed by atoms with E-state index in [1.807, 2.05) is 61.5 Å². The van der Waals surface area contributed by atoms with E-state index in [0.29, 0.717) is 6.42 Å². The van der Waals surface area contributed by atoms with Gasteiger partial charge in [-0.3, -0.25) is 9.69 Å². The Morgan fingerprint density at radius 2 is 1.45 bits per heavy atom. The number of benzene rings is 3. The molecule has 4 rings (SSSR count). The number of carboxylic acids is 1. The van der Waals surface area contributed by atoms with Crippen LogP contribution in [0.3, 0.4) is 0 Å². The van der Waals surface area contributed by atoms with Crippen molar-refractivity contribution in [2.45, 2.75) is 25.3 Å². The Hall–Kier alpha value is -3.60. The molecule has 5 nitrogen and oxygen atoms in total. The summed E-state index contributed by atoms with van der Waals surface area (Å²) >= 11 is 0. The second-order valence-corrected chi connectivity index (χ2v) is 7.66. The SMILES string of the molecule is CCC(c1ccccc1)N(CC(=O)O)C(=O)OCC1c2ccccc2-c2ccccc21. The highest BCUT2D eigenvalue weighted by molar-refractivity contribution is 5.80. The lowest BCUT2D eigenvalue weighted by atomic mass is 9.98. The maximum absolute atomic E-state index is 13.1. The minimum atomic E-state index is -1.07. The van der Waals surface area contributed by atoms with Crippen LogP contribution in [0.1, 0.15) is 42.0 Å². The summed E-state index contributed by atoms with van der Waals surface area (Å²) in [6, 6.07) is 25.3. The number of carbonyl (C=O) groups excluding carboxylic acids is 1. The zero-order valence-corrected chi connectivity index (χ0v) is 17.4. The van der Waals surface area contributed by atoms with E-state index in [1.165, 1.54) is 4.90 Å². The molecule has 1 atom stereocenters. The molecule has 158 valence electrons. The van der Waals surface area contributed by atoms with E-state index in [4.69, 9.17) is 4.74 Å². The Kier molecular flexibility index (Phi) is 6.03. The lowest BCUT2D eigenvalue weighted by molar-refractivity contribution is -0.138. The maximum atomic E-state index is 13.1. The molecule has 0 fully saturated rings. The standard InChI is InChI=1S/C26H25NO4/c1-2-24(18-10-4-3-5-11-18)27(16-25(28)29)26(30)31-17-23-21-14-8-6-12-19(21)20-13-7-9-15-22(20)23/h3-15,23-24H,2,16-17H2,1H3,(H,28,29). The van der Waals surface area contributed by atoms with Crippen LogP contribution in [-0.4, -0.2) is 35.2 Å². The molecule has 1 aliphatic carbocycles. The number of hydrogen-bond acceptors (Lipinski definition) is 3. The van der Waals surface area contributed by atoms with Gasteiger partial charge >= 0.3 is 12.1 Å². The average Bonchev–Trinajstić information content (AvgIpc) is 3.11. The van der Waals surface area contributed by atoms with Crippen molar-refractivity contribution in [2.75, 3.05) is 13.2 Å². The van der Waals surface area contributed by atoms with Crippen LogP contribution >= 0.6 is 0 Å². The quantitative estimate of drug-likeness (QED) is 0.555. The number of rotatable bonds is 7. The first-order valence-electron chi connectivity index (χ1n) is 10.5. The summed E-state index contributed by atoms with van der Waals surface area (Å²) in [4.78, 5) is 25.9. The van der Waals surface area contributed by atoms with Crippen LogP contribution in [0.15, 0.2) is 78.9 Å². The third kappa shape index (κ3) is 4.17. The van der Waals surface area contributed by atoms with Gasteiger partial charge in [0.05, 0.1) is 6.04 Å². The Morgan fingerprint density at radius 3 is 2.00 bits per heavy atom. The highest BCUT2D eigenvalue weighted by Gasteiger charge is 2.32. The summed E-state index contributed by atoms with van der Waals surface area (Å²) in [6.07, 6.45) is -0.0263. The van der Waals surface area contributed by atoms with Gasteiger partial charge in [0, 0.05) is 5.92 Å². The molecule has 1 N–H and O–H groups in total. The van der Waals surface area contributed by atoms with Crippen LogP contribution in [0, 0.1) is 0 Å². The van der Waals surface area contributed by atoms with Crippen LogP contribution in [0.4, 0.5) is 4.79 Å². The van der Waals surface area contributed by atoms with Crippen LogP contribution in [-0.2, 0) is 9.53 Å². The van der Waals surface area contributed by atoms with Crippen molar-refractivity contribution in [1.29, 1.82) is 0 Å². The van der Waals surface area contributed by atoms with Crippen LogP contribution in [0.2, 0.25) is 0 Å². The van der Waals surface area contributed by atoms with E-state index in [-0.39, 0.29) is 18.6 Å². The summed E-state index contributed by atoms with van der Waals surface area (Å²) in [6.45, 7) is 1.68. The van der Waals surface area contributed by atoms with Crippen molar-refractivity contribution in [3.63, 3.8) is 0 Å². The first kappa shape index (κ1) is 20.7. The molecule has 0 bridgehead atoms. The molecular formula is C26H25NO4. The van der Waals surface area contributed by atoms with E-state index in [2.05, 4.69) is 24.3 Å². The molecule has 1 aliphatic rings. The molecule has 3 aromatic rings. The summed E-state index contributed by atoms with van der Waals surface area (Å²) in [7, 11) is 0. The van der Waals surface area contributed by atoms with Gasteiger partial charge in [-0.05, 0) is 34.2 Å². The van der Waals surface area contributed by atoms with E-state index >= 15 is 0 Å². The molecule has 0 aliphatic heterocycles. The number of aliphatic carboxylic acids is 1. The molecule has 5 heteroatoms. The van der Waals surface area contributed by atoms with Gasteiger partial charge < -0.3 is 9.84 Å². The van der Waals surface area contributed by atoms with Crippen molar-refractivity contribution in [3.8, 4) is 11.1 Å². The summed E-state index contributed by atoms with van der Waals surface area (Å²) < 4.78 is 5.73. The monoisotopic (exact) mass is 415 g/mol. The second-order valence-electron chi connectivity index (χ2n) is 7.66. The molecule has 31 heavy (non-hydrogen) atoms. The fourth-order valence-corrected chi connectivity index (χ4v) is 4.44. The molecule has 1 amide bonds. The predicted octanol–water partition coefficient (Wildman–Crippen LogP) is 5.47. The average molecular weight is 415 g/mol. The van der Waals surface area contributed by atoms with Crippen molar-refractivity contribution >= 4 is 12.1 Å². The zero-order valence-electron chi connectivity index (χ0n) is 17.4. The van der Waals surface area contributed by atoms with E-state index in [9.17, 15) is 14.7 Å². The lowest BCUT2D eigenvalue weighted by Crippen LogP contribution is -2.39. The Bertz CT molecular complexity index is 1030. The number of carbonyl (C=O) groups is 2. The number of carboxylic acid groups (broad SMARTS) is 1. The third-order valence-corrected chi connectivity index (χ3v) is 5.82. The number of fused-ring (bicyclic) bond motifs is 3. The number of nitrogens with zero attached hydrogens (tertiary/aromatic N) is 1. The highest BCUT2D eigenvalue weighted by Crippen LogP contribution is 2.44. The van der Waals surface area contributed by atoms with Crippen molar-refractivity contribution < 1.29 is 19.4 Å². The van der Waals surface area contributed by atoms with E-state index < -0.39 is 18.6 Å². The van der Waals surface area contributed by atoms with Gasteiger partial charge in [-0.2, -0.15) is 0 Å². The first-order chi connectivity index (χ1) is 15.1.